The minimum atomic E-state index is -2.19. The molecule has 3 atom stereocenters. The zero-order chi connectivity index (χ0) is 19.0. The summed E-state index contributed by atoms with van der Waals surface area (Å²) in [6, 6.07) is 5.97. The monoisotopic (exact) mass is 356 g/mol. The maximum atomic E-state index is 14.0. The summed E-state index contributed by atoms with van der Waals surface area (Å²) in [5, 5.41) is 12.7. The number of benzene rings is 1. The van der Waals surface area contributed by atoms with E-state index in [2.05, 4.69) is 5.32 Å². The van der Waals surface area contributed by atoms with Crippen LogP contribution in [0.15, 0.2) is 24.3 Å². The largest absolute Gasteiger partial charge is 0.393 e. The maximum absolute atomic E-state index is 14.0. The normalized spacial score (nSPS) is 15.9. The minimum absolute atomic E-state index is 0.100. The van der Waals surface area contributed by atoms with Gasteiger partial charge in [0.15, 0.2) is 5.67 Å². The van der Waals surface area contributed by atoms with Gasteiger partial charge in [0, 0.05) is 13.0 Å². The third-order valence-corrected chi connectivity index (χ3v) is 4.33. The lowest BCUT2D eigenvalue weighted by Gasteiger charge is -2.22. The molecule has 4 N–H and O–H groups in total. The second-order valence-corrected chi connectivity index (χ2v) is 6.47. The van der Waals surface area contributed by atoms with Crippen LogP contribution in [0.5, 0.6) is 0 Å². The molecular formula is C18H26F2N2O3. The third-order valence-electron chi connectivity index (χ3n) is 4.33. The Bertz CT molecular complexity index is 576. The molecule has 0 aromatic heterocycles. The smallest absolute Gasteiger partial charge is 0.254 e. The SMILES string of the molecule is CNC(=O)[C@H](CCC(C)(F)C(N)=O)C[C@@H](O)CCc1ccc(F)cc1. The first kappa shape index (κ1) is 21.0. The summed E-state index contributed by atoms with van der Waals surface area (Å²) >= 11 is 0. The van der Waals surface area contributed by atoms with Gasteiger partial charge in [-0.2, -0.15) is 0 Å². The lowest BCUT2D eigenvalue weighted by atomic mass is 9.88. The number of carbonyl (C=O) groups is 2. The Morgan fingerprint density at radius 2 is 1.88 bits per heavy atom. The first-order valence-corrected chi connectivity index (χ1v) is 8.28. The molecule has 0 saturated heterocycles. The number of primary amides is 1. The standard InChI is InChI=1S/C18H26F2N2O3/c1-18(20,17(21)25)10-9-13(16(24)22-2)11-15(23)8-5-12-3-6-14(19)7-4-12/h3-4,6-7,13,15,23H,5,8-11H2,1-2H3,(H2,21,25)(H,22,24)/t13-,15+,18?/m1/s1. The number of amides is 2. The molecule has 5 nitrogen and oxygen atoms in total. The number of aliphatic hydroxyl groups excluding tert-OH is 1. The first-order valence-electron chi connectivity index (χ1n) is 8.28. The quantitative estimate of drug-likeness (QED) is 0.597. The van der Waals surface area contributed by atoms with E-state index in [1.165, 1.54) is 19.2 Å². The maximum Gasteiger partial charge on any atom is 0.254 e. The molecule has 1 rings (SSSR count). The molecule has 7 heteroatoms. The number of carbonyl (C=O) groups excluding carboxylic acids is 2. The molecule has 0 aliphatic rings. The van der Waals surface area contributed by atoms with Gasteiger partial charge in [-0.05, 0) is 56.7 Å². The zero-order valence-corrected chi connectivity index (χ0v) is 14.6. The fourth-order valence-electron chi connectivity index (χ4n) is 2.56. The second-order valence-electron chi connectivity index (χ2n) is 6.47. The van der Waals surface area contributed by atoms with Crippen LogP contribution >= 0.6 is 0 Å². The van der Waals surface area contributed by atoms with E-state index in [4.69, 9.17) is 5.73 Å². The Balaban J connectivity index is 2.57. The van der Waals surface area contributed by atoms with E-state index >= 15 is 0 Å². The lowest BCUT2D eigenvalue weighted by molar-refractivity contribution is -0.131. The van der Waals surface area contributed by atoms with E-state index in [0.717, 1.165) is 12.5 Å². The number of rotatable bonds is 10. The highest BCUT2D eigenvalue weighted by Crippen LogP contribution is 2.24. The molecule has 2 amide bonds. The summed E-state index contributed by atoms with van der Waals surface area (Å²) in [6.45, 7) is 1.08. The Labute approximate surface area is 146 Å². The number of hydrogen-bond donors (Lipinski definition) is 3. The average Bonchev–Trinajstić information content (AvgIpc) is 2.57. The molecule has 0 saturated carbocycles. The van der Waals surface area contributed by atoms with E-state index < -0.39 is 23.6 Å². The Hall–Kier alpha value is -2.02. The van der Waals surface area contributed by atoms with Gasteiger partial charge in [0.25, 0.3) is 5.91 Å². The Morgan fingerprint density at radius 3 is 2.40 bits per heavy atom. The highest BCUT2D eigenvalue weighted by atomic mass is 19.1. The summed E-state index contributed by atoms with van der Waals surface area (Å²) < 4.78 is 26.8. The fraction of sp³-hybridized carbons (Fsp3) is 0.556. The molecule has 25 heavy (non-hydrogen) atoms. The molecule has 0 aliphatic heterocycles. The van der Waals surface area contributed by atoms with Gasteiger partial charge in [-0.15, -0.1) is 0 Å². The van der Waals surface area contributed by atoms with Crippen molar-refractivity contribution in [2.45, 2.75) is 50.8 Å². The van der Waals surface area contributed by atoms with Crippen LogP contribution in [0.1, 0.15) is 38.2 Å². The molecule has 0 bridgehead atoms. The van der Waals surface area contributed by atoms with Crippen LogP contribution < -0.4 is 11.1 Å². The summed E-state index contributed by atoms with van der Waals surface area (Å²) in [7, 11) is 1.46. The van der Waals surface area contributed by atoms with Crippen LogP contribution in [-0.4, -0.2) is 35.7 Å². The van der Waals surface area contributed by atoms with Crippen LogP contribution in [0.3, 0.4) is 0 Å². The average molecular weight is 356 g/mol. The molecule has 1 unspecified atom stereocenters. The van der Waals surface area contributed by atoms with Crippen LogP contribution in [0.25, 0.3) is 0 Å². The summed E-state index contributed by atoms with van der Waals surface area (Å²) in [5.41, 5.74) is 3.69. The predicted octanol–water partition coefficient (Wildman–Crippen LogP) is 1.87. The number of aryl methyl sites for hydroxylation is 1. The molecule has 140 valence electrons. The van der Waals surface area contributed by atoms with Crippen LogP contribution in [-0.2, 0) is 16.0 Å². The topological polar surface area (TPSA) is 92.4 Å². The van der Waals surface area contributed by atoms with Crippen molar-refractivity contribution in [3.8, 4) is 0 Å². The Morgan fingerprint density at radius 1 is 1.28 bits per heavy atom. The van der Waals surface area contributed by atoms with Gasteiger partial charge in [0.1, 0.15) is 5.82 Å². The molecular weight excluding hydrogens is 330 g/mol. The molecule has 1 aromatic rings. The van der Waals surface area contributed by atoms with Gasteiger partial charge >= 0.3 is 0 Å². The third kappa shape index (κ3) is 7.17. The fourth-order valence-corrected chi connectivity index (χ4v) is 2.56. The zero-order valence-electron chi connectivity index (χ0n) is 14.6. The van der Waals surface area contributed by atoms with Crippen molar-refractivity contribution in [1.82, 2.24) is 5.32 Å². The first-order chi connectivity index (χ1) is 11.7. The van der Waals surface area contributed by atoms with Gasteiger partial charge < -0.3 is 16.2 Å². The molecule has 0 heterocycles. The molecule has 1 aromatic carbocycles. The van der Waals surface area contributed by atoms with Gasteiger partial charge in [0.05, 0.1) is 6.10 Å². The van der Waals surface area contributed by atoms with Crippen LogP contribution in [0.4, 0.5) is 8.78 Å². The molecule has 0 spiro atoms. The number of nitrogens with one attached hydrogen (secondary N) is 1. The highest BCUT2D eigenvalue weighted by Gasteiger charge is 2.33. The van der Waals surface area contributed by atoms with E-state index in [1.807, 2.05) is 0 Å². The van der Waals surface area contributed by atoms with Crippen molar-refractivity contribution in [3.63, 3.8) is 0 Å². The molecule has 0 fully saturated rings. The van der Waals surface area contributed by atoms with Crippen molar-refractivity contribution in [2.24, 2.45) is 11.7 Å². The van der Waals surface area contributed by atoms with Gasteiger partial charge in [-0.25, -0.2) is 8.78 Å². The van der Waals surface area contributed by atoms with Crippen molar-refractivity contribution < 1.29 is 23.5 Å². The highest BCUT2D eigenvalue weighted by molar-refractivity contribution is 5.83. The van der Waals surface area contributed by atoms with E-state index in [0.29, 0.717) is 12.8 Å². The van der Waals surface area contributed by atoms with Crippen LogP contribution in [0, 0.1) is 11.7 Å². The summed E-state index contributed by atoms with van der Waals surface area (Å²) in [4.78, 5) is 23.0. The van der Waals surface area contributed by atoms with Crippen molar-refractivity contribution >= 4 is 11.8 Å². The van der Waals surface area contributed by atoms with Crippen molar-refractivity contribution in [1.29, 1.82) is 0 Å². The van der Waals surface area contributed by atoms with Gasteiger partial charge in [-0.3, -0.25) is 9.59 Å². The number of halogens is 2. The van der Waals surface area contributed by atoms with Crippen molar-refractivity contribution in [3.05, 3.63) is 35.6 Å². The second kappa shape index (κ2) is 9.46. The minimum Gasteiger partial charge on any atom is -0.393 e. The molecule has 0 radical (unpaired) electrons. The summed E-state index contributed by atoms with van der Waals surface area (Å²) in [6.07, 6.45) is 0.211. The van der Waals surface area contributed by atoms with E-state index in [9.17, 15) is 23.5 Å². The predicted molar refractivity (Wildman–Crippen MR) is 90.8 cm³/mol. The molecule has 0 aliphatic carbocycles. The van der Waals surface area contributed by atoms with E-state index in [1.54, 1.807) is 12.1 Å². The van der Waals surface area contributed by atoms with Crippen molar-refractivity contribution in [2.75, 3.05) is 7.05 Å². The summed E-state index contributed by atoms with van der Waals surface area (Å²) in [5.74, 6) is -2.34. The number of alkyl halides is 1. The lowest BCUT2D eigenvalue weighted by Crippen LogP contribution is -2.38. The number of nitrogens with two attached hydrogens (primary N) is 1. The van der Waals surface area contributed by atoms with Gasteiger partial charge in [-0.1, -0.05) is 12.1 Å². The number of aliphatic hydroxyl groups is 1. The van der Waals surface area contributed by atoms with Crippen LogP contribution in [0.2, 0.25) is 0 Å². The van der Waals surface area contributed by atoms with E-state index in [-0.39, 0.29) is 31.0 Å². The van der Waals surface area contributed by atoms with Gasteiger partial charge in [0.2, 0.25) is 5.91 Å². The number of hydrogen-bond acceptors (Lipinski definition) is 3. The Kier molecular flexibility index (Phi) is 7.96.